The molecule has 0 aliphatic carbocycles. The molecular weight excluding hydrogens is 172 g/mol. The number of carboxylic acid groups (broad SMARTS) is 1. The Morgan fingerprint density at radius 1 is 1.38 bits per heavy atom. The van der Waals surface area contributed by atoms with Crippen LogP contribution in [0.5, 0.6) is 0 Å². The van der Waals surface area contributed by atoms with Gasteiger partial charge in [0.2, 0.25) is 0 Å². The fourth-order valence-electron chi connectivity index (χ4n) is 0.499. The molecule has 0 atom stereocenters. The van der Waals surface area contributed by atoms with Crippen molar-refractivity contribution in [3.8, 4) is 0 Å². The van der Waals surface area contributed by atoms with Crippen molar-refractivity contribution in [2.45, 2.75) is 20.8 Å². The van der Waals surface area contributed by atoms with Crippen LogP contribution in [0.15, 0.2) is 12.2 Å². The molecule has 1 N–H and O–H groups in total. The van der Waals surface area contributed by atoms with Crippen LogP contribution in [-0.4, -0.2) is 23.7 Å². The predicted octanol–water partition coefficient (Wildman–Crippen LogP) is 1.22. The summed E-state index contributed by atoms with van der Waals surface area (Å²) in [5.74, 6) is -1.78. The van der Waals surface area contributed by atoms with Gasteiger partial charge >= 0.3 is 11.9 Å². The average Bonchev–Trinajstić information content (AvgIpc) is 1.95. The minimum atomic E-state index is -1.16. The van der Waals surface area contributed by atoms with E-state index in [-0.39, 0.29) is 5.41 Å². The van der Waals surface area contributed by atoms with E-state index in [1.54, 1.807) is 6.08 Å². The normalized spacial score (nSPS) is 11.6. The van der Waals surface area contributed by atoms with Gasteiger partial charge in [-0.05, 0) is 5.41 Å². The molecule has 0 aromatic rings. The molecule has 0 radical (unpaired) electrons. The number of hydrogen-bond donors (Lipinski definition) is 1. The summed E-state index contributed by atoms with van der Waals surface area (Å²) in [7, 11) is 0. The van der Waals surface area contributed by atoms with Gasteiger partial charge < -0.3 is 9.84 Å². The molecule has 0 unspecified atom stereocenters. The molecule has 0 bridgehead atoms. The number of carbonyl (C=O) groups excluding carboxylic acids is 1. The van der Waals surface area contributed by atoms with Crippen LogP contribution in [0.3, 0.4) is 0 Å². The lowest BCUT2D eigenvalue weighted by molar-refractivity contribution is -0.151. The highest BCUT2D eigenvalue weighted by Crippen LogP contribution is 2.14. The van der Waals surface area contributed by atoms with Crippen molar-refractivity contribution in [1.82, 2.24) is 0 Å². The van der Waals surface area contributed by atoms with Crippen molar-refractivity contribution >= 4 is 11.9 Å². The molecule has 13 heavy (non-hydrogen) atoms. The second-order valence-corrected chi connectivity index (χ2v) is 3.70. The monoisotopic (exact) mass is 186 g/mol. The second kappa shape index (κ2) is 4.64. The zero-order chi connectivity index (χ0) is 10.5. The topological polar surface area (TPSA) is 63.6 Å². The molecule has 0 fully saturated rings. The molecule has 0 saturated heterocycles. The highest BCUT2D eigenvalue weighted by Gasteiger charge is 2.06. The standard InChI is InChI=1S/C9H14O4/c1-9(2,3)5-4-8(12)13-6-7(10)11/h4-5H,6H2,1-3H3,(H,10,11). The van der Waals surface area contributed by atoms with E-state index in [2.05, 4.69) is 4.74 Å². The first-order chi connectivity index (χ1) is 5.81. The summed E-state index contributed by atoms with van der Waals surface area (Å²) in [6, 6.07) is 0. The summed E-state index contributed by atoms with van der Waals surface area (Å²) in [6.07, 6.45) is 2.90. The van der Waals surface area contributed by atoms with Crippen LogP contribution in [0.1, 0.15) is 20.8 Å². The number of carboxylic acids is 1. The fraction of sp³-hybridized carbons (Fsp3) is 0.556. The van der Waals surface area contributed by atoms with Gasteiger partial charge in [-0.25, -0.2) is 9.59 Å². The van der Waals surface area contributed by atoms with E-state index in [1.807, 2.05) is 20.8 Å². The third-order valence-electron chi connectivity index (χ3n) is 1.06. The Hall–Kier alpha value is -1.32. The average molecular weight is 186 g/mol. The number of aliphatic carboxylic acids is 1. The van der Waals surface area contributed by atoms with Crippen molar-refractivity contribution < 1.29 is 19.4 Å². The maximum absolute atomic E-state index is 10.8. The van der Waals surface area contributed by atoms with Crippen LogP contribution in [-0.2, 0) is 14.3 Å². The number of ether oxygens (including phenoxy) is 1. The van der Waals surface area contributed by atoms with Crippen molar-refractivity contribution in [2.75, 3.05) is 6.61 Å². The lowest BCUT2D eigenvalue weighted by Crippen LogP contribution is -2.11. The first-order valence-electron chi connectivity index (χ1n) is 3.89. The molecule has 0 aromatic carbocycles. The lowest BCUT2D eigenvalue weighted by atomic mass is 9.96. The van der Waals surface area contributed by atoms with Crippen LogP contribution in [0.25, 0.3) is 0 Å². The van der Waals surface area contributed by atoms with Crippen molar-refractivity contribution in [3.05, 3.63) is 12.2 Å². The van der Waals surface area contributed by atoms with Gasteiger partial charge in [-0.15, -0.1) is 0 Å². The molecule has 0 aliphatic rings. The zero-order valence-electron chi connectivity index (χ0n) is 8.03. The third-order valence-corrected chi connectivity index (χ3v) is 1.06. The Kier molecular flexibility index (Phi) is 4.17. The van der Waals surface area contributed by atoms with E-state index < -0.39 is 18.5 Å². The number of allylic oxidation sites excluding steroid dienone is 1. The van der Waals surface area contributed by atoms with Gasteiger partial charge in [0.25, 0.3) is 0 Å². The minimum Gasteiger partial charge on any atom is -0.479 e. The second-order valence-electron chi connectivity index (χ2n) is 3.70. The van der Waals surface area contributed by atoms with E-state index in [0.717, 1.165) is 0 Å². The summed E-state index contributed by atoms with van der Waals surface area (Å²) < 4.78 is 4.37. The molecule has 4 heteroatoms. The summed E-state index contributed by atoms with van der Waals surface area (Å²) in [5, 5.41) is 8.19. The molecule has 0 aliphatic heterocycles. The third kappa shape index (κ3) is 8.59. The lowest BCUT2D eigenvalue weighted by Gasteiger charge is -2.10. The maximum Gasteiger partial charge on any atom is 0.341 e. The minimum absolute atomic E-state index is 0.109. The van der Waals surface area contributed by atoms with Gasteiger partial charge in [-0.3, -0.25) is 0 Å². The zero-order valence-corrected chi connectivity index (χ0v) is 8.03. The molecule has 0 heterocycles. The summed E-state index contributed by atoms with van der Waals surface area (Å²) in [5.41, 5.74) is -0.109. The molecule has 0 aromatic heterocycles. The predicted molar refractivity (Wildman–Crippen MR) is 47.2 cm³/mol. The van der Waals surface area contributed by atoms with Crippen LogP contribution < -0.4 is 0 Å². The van der Waals surface area contributed by atoms with Crippen molar-refractivity contribution in [3.63, 3.8) is 0 Å². The van der Waals surface area contributed by atoms with Crippen LogP contribution >= 0.6 is 0 Å². The van der Waals surface area contributed by atoms with Gasteiger partial charge in [0.15, 0.2) is 6.61 Å². The first kappa shape index (κ1) is 11.7. The van der Waals surface area contributed by atoms with Gasteiger partial charge in [-0.2, -0.15) is 0 Å². The largest absolute Gasteiger partial charge is 0.479 e. The smallest absolute Gasteiger partial charge is 0.341 e. The fourth-order valence-corrected chi connectivity index (χ4v) is 0.499. The van der Waals surface area contributed by atoms with E-state index in [9.17, 15) is 9.59 Å². The Bertz CT molecular complexity index is 222. The quantitative estimate of drug-likeness (QED) is 0.531. The van der Waals surface area contributed by atoms with Crippen molar-refractivity contribution in [1.29, 1.82) is 0 Å². The molecule has 0 rings (SSSR count). The number of hydrogen-bond acceptors (Lipinski definition) is 3. The molecule has 4 nitrogen and oxygen atoms in total. The van der Waals surface area contributed by atoms with Crippen LogP contribution in [0, 0.1) is 5.41 Å². The Labute approximate surface area is 77.2 Å². The maximum atomic E-state index is 10.8. The highest BCUT2D eigenvalue weighted by molar-refractivity contribution is 5.84. The van der Waals surface area contributed by atoms with Crippen LogP contribution in [0.2, 0.25) is 0 Å². The first-order valence-corrected chi connectivity index (χ1v) is 3.89. The number of carbonyl (C=O) groups is 2. The van der Waals surface area contributed by atoms with Gasteiger partial charge in [-0.1, -0.05) is 26.8 Å². The van der Waals surface area contributed by atoms with Crippen molar-refractivity contribution in [2.24, 2.45) is 5.41 Å². The van der Waals surface area contributed by atoms with E-state index in [4.69, 9.17) is 5.11 Å². The Balaban J connectivity index is 3.88. The molecule has 0 saturated carbocycles. The summed E-state index contributed by atoms with van der Waals surface area (Å²) in [4.78, 5) is 20.8. The SMILES string of the molecule is CC(C)(C)C=CC(=O)OCC(=O)O. The van der Waals surface area contributed by atoms with Gasteiger partial charge in [0.05, 0.1) is 0 Å². The summed E-state index contributed by atoms with van der Waals surface area (Å²) in [6.45, 7) is 5.18. The Morgan fingerprint density at radius 3 is 2.31 bits per heavy atom. The van der Waals surface area contributed by atoms with E-state index in [1.165, 1.54) is 6.08 Å². The van der Waals surface area contributed by atoms with Crippen LogP contribution in [0.4, 0.5) is 0 Å². The summed E-state index contributed by atoms with van der Waals surface area (Å²) >= 11 is 0. The van der Waals surface area contributed by atoms with Gasteiger partial charge in [0, 0.05) is 6.08 Å². The number of rotatable bonds is 3. The van der Waals surface area contributed by atoms with Gasteiger partial charge in [0.1, 0.15) is 0 Å². The Morgan fingerprint density at radius 2 is 1.92 bits per heavy atom. The molecule has 0 spiro atoms. The number of esters is 1. The molecule has 0 amide bonds. The molecule has 74 valence electrons. The van der Waals surface area contributed by atoms with E-state index >= 15 is 0 Å². The van der Waals surface area contributed by atoms with E-state index in [0.29, 0.717) is 0 Å². The highest BCUT2D eigenvalue weighted by atomic mass is 16.5. The molecular formula is C9H14O4.